The van der Waals surface area contributed by atoms with E-state index in [0.29, 0.717) is 18.5 Å². The molecule has 1 aromatic rings. The lowest BCUT2D eigenvalue weighted by molar-refractivity contribution is -0.133. The first kappa shape index (κ1) is 23.3. The maximum absolute atomic E-state index is 13.6. The summed E-state index contributed by atoms with van der Waals surface area (Å²) in [5.41, 5.74) is 0.0665. The second-order valence-corrected chi connectivity index (χ2v) is 7.83. The summed E-state index contributed by atoms with van der Waals surface area (Å²) in [6.45, 7) is 8.20. The minimum absolute atomic E-state index is 0. The van der Waals surface area contributed by atoms with E-state index in [-0.39, 0.29) is 36.2 Å². The maximum Gasteiger partial charge on any atom is 0.242 e. The van der Waals surface area contributed by atoms with Gasteiger partial charge in [0.25, 0.3) is 0 Å². The zero-order valence-corrected chi connectivity index (χ0v) is 16.9. The number of rotatable bonds is 4. The second kappa shape index (κ2) is 9.46. The molecule has 2 amide bonds. The van der Waals surface area contributed by atoms with Gasteiger partial charge >= 0.3 is 0 Å². The van der Waals surface area contributed by atoms with Crippen LogP contribution in [0, 0.1) is 17.0 Å². The van der Waals surface area contributed by atoms with Gasteiger partial charge in [0.1, 0.15) is 6.04 Å². The quantitative estimate of drug-likeness (QED) is 0.723. The number of carbonyl (C=O) groups is 2. The molecule has 1 heterocycles. The standard InChI is InChI=1S/C19H27F2N3O2.ClH/c1-11(23-18(26)19(2,3)4)17(25)24-16-10-22-8-7-13(16)12-5-6-14(20)15(21)9-12;/h5-6,9,11,13,16,22H,7-8,10H2,1-4H3,(H,23,26)(H,24,25);1H. The highest BCUT2D eigenvalue weighted by atomic mass is 35.5. The van der Waals surface area contributed by atoms with E-state index in [1.165, 1.54) is 6.07 Å². The van der Waals surface area contributed by atoms with Crippen molar-refractivity contribution in [3.8, 4) is 0 Å². The van der Waals surface area contributed by atoms with Gasteiger partial charge in [-0.2, -0.15) is 0 Å². The van der Waals surface area contributed by atoms with Crippen LogP contribution in [0.1, 0.15) is 45.6 Å². The third-order valence-electron chi connectivity index (χ3n) is 4.60. The summed E-state index contributed by atoms with van der Waals surface area (Å²) in [6.07, 6.45) is 0.693. The van der Waals surface area contributed by atoms with E-state index in [1.807, 2.05) is 0 Å². The Bertz CT molecular complexity index is 679. The number of piperidine rings is 1. The van der Waals surface area contributed by atoms with Crippen LogP contribution in [0.3, 0.4) is 0 Å². The fourth-order valence-corrected chi connectivity index (χ4v) is 2.94. The summed E-state index contributed by atoms with van der Waals surface area (Å²) >= 11 is 0. The number of amides is 2. The highest BCUT2D eigenvalue weighted by Crippen LogP contribution is 2.27. The van der Waals surface area contributed by atoms with Crippen LogP contribution in [0.4, 0.5) is 8.78 Å². The Morgan fingerprint density at radius 2 is 1.89 bits per heavy atom. The number of nitrogens with one attached hydrogen (secondary N) is 3. The van der Waals surface area contributed by atoms with Crippen molar-refractivity contribution >= 4 is 24.2 Å². The molecule has 1 fully saturated rings. The maximum atomic E-state index is 13.6. The molecular weight excluding hydrogens is 376 g/mol. The highest BCUT2D eigenvalue weighted by molar-refractivity contribution is 5.89. The predicted molar refractivity (Wildman–Crippen MR) is 103 cm³/mol. The van der Waals surface area contributed by atoms with Crippen LogP contribution in [0.25, 0.3) is 0 Å². The fourth-order valence-electron chi connectivity index (χ4n) is 2.94. The van der Waals surface area contributed by atoms with Crippen molar-refractivity contribution in [2.45, 2.75) is 52.1 Å². The highest BCUT2D eigenvalue weighted by Gasteiger charge is 2.31. The molecule has 1 aromatic carbocycles. The minimum Gasteiger partial charge on any atom is -0.350 e. The molecule has 0 spiro atoms. The van der Waals surface area contributed by atoms with Crippen molar-refractivity contribution in [3.63, 3.8) is 0 Å². The number of hydrogen-bond acceptors (Lipinski definition) is 3. The van der Waals surface area contributed by atoms with E-state index in [1.54, 1.807) is 33.8 Å². The van der Waals surface area contributed by atoms with Crippen LogP contribution >= 0.6 is 12.4 Å². The molecule has 0 aliphatic carbocycles. The molecule has 0 radical (unpaired) electrons. The molecule has 27 heavy (non-hydrogen) atoms. The Balaban J connectivity index is 0.00000364. The van der Waals surface area contributed by atoms with Crippen molar-refractivity contribution in [2.75, 3.05) is 13.1 Å². The van der Waals surface area contributed by atoms with E-state index < -0.39 is 23.1 Å². The molecule has 0 saturated carbocycles. The van der Waals surface area contributed by atoms with Gasteiger partial charge in [0.05, 0.1) is 0 Å². The zero-order valence-electron chi connectivity index (χ0n) is 16.1. The van der Waals surface area contributed by atoms with Crippen molar-refractivity contribution in [1.82, 2.24) is 16.0 Å². The van der Waals surface area contributed by atoms with Gasteiger partial charge < -0.3 is 16.0 Å². The van der Waals surface area contributed by atoms with Crippen LogP contribution in [0.2, 0.25) is 0 Å². The van der Waals surface area contributed by atoms with Gasteiger partial charge in [-0.05, 0) is 37.6 Å². The zero-order chi connectivity index (χ0) is 19.5. The molecule has 1 saturated heterocycles. The molecule has 3 unspecified atom stereocenters. The summed E-state index contributed by atoms with van der Waals surface area (Å²) < 4.78 is 26.8. The summed E-state index contributed by atoms with van der Waals surface area (Å²) in [4.78, 5) is 24.5. The van der Waals surface area contributed by atoms with Crippen molar-refractivity contribution in [1.29, 1.82) is 0 Å². The lowest BCUT2D eigenvalue weighted by Gasteiger charge is -2.34. The topological polar surface area (TPSA) is 70.2 Å². The second-order valence-electron chi connectivity index (χ2n) is 7.83. The van der Waals surface area contributed by atoms with E-state index in [0.717, 1.165) is 12.6 Å². The van der Waals surface area contributed by atoms with Crippen LogP contribution < -0.4 is 16.0 Å². The summed E-state index contributed by atoms with van der Waals surface area (Å²) in [6, 6.07) is 2.90. The van der Waals surface area contributed by atoms with Crippen LogP contribution in [0.5, 0.6) is 0 Å². The van der Waals surface area contributed by atoms with E-state index in [9.17, 15) is 18.4 Å². The molecule has 2 rings (SSSR count). The Kier molecular flexibility index (Phi) is 8.17. The molecule has 3 atom stereocenters. The average Bonchev–Trinajstić information content (AvgIpc) is 2.57. The normalized spacial score (nSPS) is 21.0. The summed E-state index contributed by atoms with van der Waals surface area (Å²) in [5, 5.41) is 8.83. The van der Waals surface area contributed by atoms with Gasteiger partial charge in [-0.25, -0.2) is 8.78 Å². The Morgan fingerprint density at radius 1 is 1.22 bits per heavy atom. The number of hydrogen-bond donors (Lipinski definition) is 3. The Labute approximate surface area is 165 Å². The first-order valence-electron chi connectivity index (χ1n) is 8.86. The van der Waals surface area contributed by atoms with E-state index in [2.05, 4.69) is 16.0 Å². The first-order valence-corrected chi connectivity index (χ1v) is 8.86. The molecule has 152 valence electrons. The van der Waals surface area contributed by atoms with Crippen LogP contribution in [-0.2, 0) is 9.59 Å². The third-order valence-corrected chi connectivity index (χ3v) is 4.60. The van der Waals surface area contributed by atoms with Crippen molar-refractivity contribution in [2.24, 2.45) is 5.41 Å². The predicted octanol–water partition coefficient (Wildman–Crippen LogP) is 2.50. The smallest absolute Gasteiger partial charge is 0.242 e. The molecule has 0 bridgehead atoms. The minimum atomic E-state index is -0.892. The SMILES string of the molecule is CC(NC(=O)C(C)(C)C)C(=O)NC1CNCCC1c1ccc(F)c(F)c1.Cl. The Hall–Kier alpha value is -1.73. The molecule has 3 N–H and O–H groups in total. The number of carbonyl (C=O) groups excluding carboxylic acids is 2. The van der Waals surface area contributed by atoms with Crippen molar-refractivity contribution < 1.29 is 18.4 Å². The lowest BCUT2D eigenvalue weighted by atomic mass is 9.85. The largest absolute Gasteiger partial charge is 0.350 e. The molecular formula is C19H28ClF2N3O2. The monoisotopic (exact) mass is 403 g/mol. The summed E-state index contributed by atoms with van der Waals surface area (Å²) in [5.74, 6) is -2.41. The van der Waals surface area contributed by atoms with Crippen LogP contribution in [0.15, 0.2) is 18.2 Å². The molecule has 0 aromatic heterocycles. The van der Waals surface area contributed by atoms with Gasteiger partial charge in [-0.1, -0.05) is 26.8 Å². The van der Waals surface area contributed by atoms with Crippen LogP contribution in [-0.4, -0.2) is 37.0 Å². The van der Waals surface area contributed by atoms with Gasteiger partial charge in [0.2, 0.25) is 11.8 Å². The van der Waals surface area contributed by atoms with E-state index in [4.69, 9.17) is 0 Å². The fraction of sp³-hybridized carbons (Fsp3) is 0.579. The third kappa shape index (κ3) is 6.14. The van der Waals surface area contributed by atoms with Gasteiger partial charge in [-0.3, -0.25) is 9.59 Å². The molecule has 1 aliphatic rings. The lowest BCUT2D eigenvalue weighted by Crippen LogP contribution is -2.55. The average molecular weight is 404 g/mol. The van der Waals surface area contributed by atoms with Gasteiger partial charge in [0, 0.05) is 23.9 Å². The Morgan fingerprint density at radius 3 is 2.48 bits per heavy atom. The number of halogens is 3. The first-order chi connectivity index (χ1) is 12.1. The molecule has 5 nitrogen and oxygen atoms in total. The van der Waals surface area contributed by atoms with Gasteiger partial charge in [0.15, 0.2) is 11.6 Å². The van der Waals surface area contributed by atoms with Crippen molar-refractivity contribution in [3.05, 3.63) is 35.4 Å². The van der Waals surface area contributed by atoms with E-state index >= 15 is 0 Å². The molecule has 8 heteroatoms. The molecule has 1 aliphatic heterocycles. The number of benzene rings is 1. The van der Waals surface area contributed by atoms with Gasteiger partial charge in [-0.15, -0.1) is 12.4 Å². The summed E-state index contributed by atoms with van der Waals surface area (Å²) in [7, 11) is 0.